The molecule has 1 atom stereocenters. The SMILES string of the molecule is CC[C@H](C)N(CCCNC(=O)c1ccc2c(=O)n3c(nc2c1)CCCC3)Cc1ccco1. The monoisotopic (exact) mass is 436 g/mol. The molecule has 1 aliphatic rings. The lowest BCUT2D eigenvalue weighted by Gasteiger charge is -2.27. The number of nitrogens with zero attached hydrogens (tertiary/aromatic N) is 3. The third kappa shape index (κ3) is 4.93. The van der Waals surface area contributed by atoms with Crippen molar-refractivity contribution < 1.29 is 9.21 Å². The molecule has 1 N–H and O–H groups in total. The van der Waals surface area contributed by atoms with E-state index < -0.39 is 0 Å². The van der Waals surface area contributed by atoms with Gasteiger partial charge in [-0.2, -0.15) is 0 Å². The topological polar surface area (TPSA) is 80.4 Å². The number of aromatic nitrogens is 2. The van der Waals surface area contributed by atoms with Gasteiger partial charge in [0.15, 0.2) is 0 Å². The Bertz CT molecular complexity index is 1120. The maximum Gasteiger partial charge on any atom is 0.261 e. The van der Waals surface area contributed by atoms with Gasteiger partial charge in [-0.25, -0.2) is 4.98 Å². The Balaban J connectivity index is 1.36. The molecular weight excluding hydrogens is 404 g/mol. The molecule has 4 rings (SSSR count). The van der Waals surface area contributed by atoms with Crippen LogP contribution in [-0.2, 0) is 19.5 Å². The lowest BCUT2D eigenvalue weighted by Crippen LogP contribution is -2.35. The van der Waals surface area contributed by atoms with Crippen molar-refractivity contribution in [3.8, 4) is 0 Å². The standard InChI is InChI=1S/C25H32N4O3/c1-3-18(2)28(17-20-8-6-15-32-20)13-7-12-26-24(30)19-10-11-21-22(16-19)27-23-9-4-5-14-29(23)25(21)31/h6,8,10-11,15-16,18H,3-5,7,9,12-14,17H2,1-2H3,(H,26,30)/t18-/m0/s1. The van der Waals surface area contributed by atoms with Crippen molar-refractivity contribution in [3.05, 3.63) is 64.1 Å². The van der Waals surface area contributed by atoms with Crippen molar-refractivity contribution in [2.24, 2.45) is 0 Å². The summed E-state index contributed by atoms with van der Waals surface area (Å²) in [6.45, 7) is 7.35. The van der Waals surface area contributed by atoms with E-state index in [0.717, 1.165) is 63.3 Å². The van der Waals surface area contributed by atoms with E-state index in [0.29, 0.717) is 29.1 Å². The number of carbonyl (C=O) groups excluding carboxylic acids is 1. The van der Waals surface area contributed by atoms with E-state index >= 15 is 0 Å². The van der Waals surface area contributed by atoms with E-state index in [2.05, 4.69) is 29.0 Å². The molecule has 0 saturated heterocycles. The molecule has 7 nitrogen and oxygen atoms in total. The molecule has 0 spiro atoms. The Hall–Kier alpha value is -2.93. The number of fused-ring (bicyclic) bond motifs is 2. The number of amides is 1. The van der Waals surface area contributed by atoms with Gasteiger partial charge in [0.05, 0.1) is 23.7 Å². The lowest BCUT2D eigenvalue weighted by molar-refractivity contribution is 0.0949. The van der Waals surface area contributed by atoms with Gasteiger partial charge < -0.3 is 9.73 Å². The molecule has 7 heteroatoms. The van der Waals surface area contributed by atoms with Crippen LogP contribution < -0.4 is 10.9 Å². The molecule has 2 aromatic heterocycles. The van der Waals surface area contributed by atoms with E-state index in [-0.39, 0.29) is 11.5 Å². The highest BCUT2D eigenvalue weighted by Gasteiger charge is 2.17. The zero-order chi connectivity index (χ0) is 22.5. The maximum atomic E-state index is 12.7. The van der Waals surface area contributed by atoms with Crippen LogP contribution in [0.3, 0.4) is 0 Å². The summed E-state index contributed by atoms with van der Waals surface area (Å²) >= 11 is 0. The zero-order valence-corrected chi connectivity index (χ0v) is 19.0. The highest BCUT2D eigenvalue weighted by molar-refractivity contribution is 5.97. The second-order valence-electron chi connectivity index (χ2n) is 8.59. The Kier molecular flexibility index (Phi) is 7.05. The summed E-state index contributed by atoms with van der Waals surface area (Å²) < 4.78 is 7.27. The van der Waals surface area contributed by atoms with Crippen molar-refractivity contribution in [1.29, 1.82) is 0 Å². The highest BCUT2D eigenvalue weighted by Crippen LogP contribution is 2.16. The van der Waals surface area contributed by atoms with E-state index in [1.807, 2.05) is 12.1 Å². The number of hydrogen-bond acceptors (Lipinski definition) is 5. The summed E-state index contributed by atoms with van der Waals surface area (Å²) in [4.78, 5) is 32.5. The van der Waals surface area contributed by atoms with E-state index in [4.69, 9.17) is 4.42 Å². The smallest absolute Gasteiger partial charge is 0.261 e. The molecule has 1 aromatic carbocycles. The predicted octanol–water partition coefficient (Wildman–Crippen LogP) is 3.75. The molecule has 1 aliphatic heterocycles. The molecule has 3 heterocycles. The third-order valence-electron chi connectivity index (χ3n) is 6.39. The van der Waals surface area contributed by atoms with Gasteiger partial charge in [-0.15, -0.1) is 0 Å². The van der Waals surface area contributed by atoms with Crippen molar-refractivity contribution in [3.63, 3.8) is 0 Å². The van der Waals surface area contributed by atoms with Gasteiger partial charge in [-0.05, 0) is 62.9 Å². The van der Waals surface area contributed by atoms with Gasteiger partial charge >= 0.3 is 0 Å². The minimum absolute atomic E-state index is 0.00153. The fourth-order valence-corrected chi connectivity index (χ4v) is 4.29. The highest BCUT2D eigenvalue weighted by atomic mass is 16.3. The molecule has 0 saturated carbocycles. The fraction of sp³-hybridized carbons (Fsp3) is 0.480. The van der Waals surface area contributed by atoms with Gasteiger partial charge in [0.25, 0.3) is 11.5 Å². The fourth-order valence-electron chi connectivity index (χ4n) is 4.29. The lowest BCUT2D eigenvalue weighted by atomic mass is 10.1. The van der Waals surface area contributed by atoms with Gasteiger partial charge in [-0.1, -0.05) is 6.92 Å². The number of nitrogens with one attached hydrogen (secondary N) is 1. The van der Waals surface area contributed by atoms with Gasteiger partial charge in [0, 0.05) is 37.7 Å². The van der Waals surface area contributed by atoms with Crippen LogP contribution in [0.4, 0.5) is 0 Å². The first-order valence-electron chi connectivity index (χ1n) is 11.6. The normalized spacial score (nSPS) is 14.5. The third-order valence-corrected chi connectivity index (χ3v) is 6.39. The number of furan rings is 1. The summed E-state index contributed by atoms with van der Waals surface area (Å²) in [6.07, 6.45) is 6.47. The molecule has 32 heavy (non-hydrogen) atoms. The van der Waals surface area contributed by atoms with Crippen LogP contribution in [0.5, 0.6) is 0 Å². The average Bonchev–Trinajstić information content (AvgIpc) is 3.33. The second kappa shape index (κ2) is 10.1. The minimum atomic E-state index is -0.132. The van der Waals surface area contributed by atoms with Crippen LogP contribution in [0.25, 0.3) is 10.9 Å². The van der Waals surface area contributed by atoms with Crippen LogP contribution in [0, 0.1) is 0 Å². The number of rotatable bonds is 9. The predicted molar refractivity (Wildman–Crippen MR) is 125 cm³/mol. The van der Waals surface area contributed by atoms with Gasteiger partial charge in [0.1, 0.15) is 11.6 Å². The number of benzene rings is 1. The summed E-state index contributed by atoms with van der Waals surface area (Å²) in [6, 6.07) is 9.53. The van der Waals surface area contributed by atoms with Crippen LogP contribution in [-0.4, -0.2) is 39.5 Å². The minimum Gasteiger partial charge on any atom is -0.468 e. The van der Waals surface area contributed by atoms with Crippen molar-refractivity contribution in [1.82, 2.24) is 19.8 Å². The molecule has 170 valence electrons. The van der Waals surface area contributed by atoms with Crippen molar-refractivity contribution >= 4 is 16.8 Å². The number of carbonyl (C=O) groups is 1. The molecular formula is C25H32N4O3. The van der Waals surface area contributed by atoms with E-state index in [1.165, 1.54) is 0 Å². The number of hydrogen-bond donors (Lipinski definition) is 1. The van der Waals surface area contributed by atoms with Crippen molar-refractivity contribution in [2.45, 2.75) is 65.1 Å². The quantitative estimate of drug-likeness (QED) is 0.517. The largest absolute Gasteiger partial charge is 0.468 e. The summed E-state index contributed by atoms with van der Waals surface area (Å²) in [7, 11) is 0. The first kappa shape index (κ1) is 22.3. The second-order valence-corrected chi connectivity index (χ2v) is 8.59. The average molecular weight is 437 g/mol. The molecule has 3 aromatic rings. The zero-order valence-electron chi connectivity index (χ0n) is 19.0. The molecule has 0 radical (unpaired) electrons. The summed E-state index contributed by atoms with van der Waals surface area (Å²) in [5.74, 6) is 1.65. The maximum absolute atomic E-state index is 12.7. The van der Waals surface area contributed by atoms with Crippen molar-refractivity contribution in [2.75, 3.05) is 13.1 Å². The first-order chi connectivity index (χ1) is 15.6. The molecule has 0 unspecified atom stereocenters. The molecule has 0 fully saturated rings. The Morgan fingerprint density at radius 3 is 2.97 bits per heavy atom. The van der Waals surface area contributed by atoms with E-state index in [1.54, 1.807) is 29.0 Å². The Labute approximate surface area is 188 Å². The van der Waals surface area contributed by atoms with Crippen LogP contribution in [0.15, 0.2) is 45.8 Å². The van der Waals surface area contributed by atoms with Crippen LogP contribution in [0.1, 0.15) is 61.5 Å². The van der Waals surface area contributed by atoms with Gasteiger partial charge in [0.2, 0.25) is 0 Å². The van der Waals surface area contributed by atoms with Crippen LogP contribution in [0.2, 0.25) is 0 Å². The van der Waals surface area contributed by atoms with Gasteiger partial charge in [-0.3, -0.25) is 19.1 Å². The Morgan fingerprint density at radius 1 is 1.31 bits per heavy atom. The summed E-state index contributed by atoms with van der Waals surface area (Å²) in [5.41, 5.74) is 1.15. The molecule has 0 aliphatic carbocycles. The summed E-state index contributed by atoms with van der Waals surface area (Å²) in [5, 5.41) is 3.59. The first-order valence-corrected chi connectivity index (χ1v) is 11.6. The van der Waals surface area contributed by atoms with E-state index in [9.17, 15) is 9.59 Å². The van der Waals surface area contributed by atoms with Crippen LogP contribution >= 0.6 is 0 Å². The number of aryl methyl sites for hydroxylation is 1. The molecule has 1 amide bonds. The Morgan fingerprint density at radius 2 is 2.19 bits per heavy atom. The molecule has 0 bridgehead atoms.